The zero-order valence-electron chi connectivity index (χ0n) is 30.1. The second kappa shape index (κ2) is 23.1. The van der Waals surface area contributed by atoms with Crippen molar-refractivity contribution in [3.8, 4) is 0 Å². The van der Waals surface area contributed by atoms with Crippen molar-refractivity contribution in [1.82, 2.24) is 36.9 Å². The molecule has 2 rings (SSSR count). The lowest BCUT2D eigenvalue weighted by atomic mass is 10.0. The highest BCUT2D eigenvalue weighted by molar-refractivity contribution is 5.96. The van der Waals surface area contributed by atoms with Crippen LogP contribution in [0.5, 0.6) is 0 Å². The highest BCUT2D eigenvalue weighted by Gasteiger charge is 2.35. The molecule has 16 N–H and O–H groups in total. The van der Waals surface area contributed by atoms with E-state index >= 15 is 0 Å². The molecule has 1 heterocycles. The number of aliphatic hydroxyl groups excluding tert-OH is 4. The first kappa shape index (κ1) is 45.4. The van der Waals surface area contributed by atoms with Crippen molar-refractivity contribution in [3.05, 3.63) is 35.9 Å². The molecule has 1 aliphatic heterocycles. The minimum Gasteiger partial charge on any atom is -0.394 e. The third kappa shape index (κ3) is 14.6. The van der Waals surface area contributed by atoms with Crippen molar-refractivity contribution in [2.45, 2.75) is 93.8 Å². The summed E-state index contributed by atoms with van der Waals surface area (Å²) in [5.74, 6) is -0.0404. The molecule has 0 aromatic heterocycles. The fourth-order valence-corrected chi connectivity index (χ4v) is 5.42. The number of primary amides is 1. The van der Waals surface area contributed by atoms with Crippen LogP contribution in [0.25, 0.3) is 0 Å². The van der Waals surface area contributed by atoms with Crippen LogP contribution in [0, 0.1) is 0 Å². The number of nitrogens with one attached hydrogen (secondary N) is 6. The van der Waals surface area contributed by atoms with Crippen molar-refractivity contribution in [2.75, 3.05) is 32.9 Å². The van der Waals surface area contributed by atoms with Crippen LogP contribution in [0.1, 0.15) is 44.6 Å². The van der Waals surface area contributed by atoms with Gasteiger partial charge in [0, 0.05) is 32.0 Å². The Kier molecular flexibility index (Phi) is 19.4. The molecule has 1 aliphatic rings. The minimum absolute atomic E-state index is 0.0596. The third-order valence-corrected chi connectivity index (χ3v) is 8.63. The van der Waals surface area contributed by atoms with Crippen molar-refractivity contribution in [3.63, 3.8) is 0 Å². The number of nitrogens with two attached hydrogens (primary N) is 3. The SMILES string of the molecule is CC(O)[C@@H]1NC[C@@H](NC(=O)[C@@H](N)CO)CCC(=O)NCCCC[C@@H](C(=O)N[C@@H](CO)C(=O)N(N)[C@@H](Cc2ccccc2)C(N)=O)NC(=O)[C@H](CO)NC1=O. The number of carbonyl (C=O) groups is 7. The zero-order chi connectivity index (χ0) is 40.4. The summed E-state index contributed by atoms with van der Waals surface area (Å²) in [7, 11) is 0. The Hall–Kier alpha value is -4.77. The van der Waals surface area contributed by atoms with E-state index in [0.717, 1.165) is 0 Å². The lowest BCUT2D eigenvalue weighted by Crippen LogP contribution is -2.62. The van der Waals surface area contributed by atoms with Gasteiger partial charge in [0.05, 0.1) is 25.9 Å². The van der Waals surface area contributed by atoms with Gasteiger partial charge in [-0.15, -0.1) is 0 Å². The molecule has 1 fully saturated rings. The maximum absolute atomic E-state index is 13.5. The van der Waals surface area contributed by atoms with E-state index in [-0.39, 0.29) is 45.2 Å². The summed E-state index contributed by atoms with van der Waals surface area (Å²) in [4.78, 5) is 90.6. The average Bonchev–Trinajstić information content (AvgIpc) is 3.14. The van der Waals surface area contributed by atoms with Crippen LogP contribution in [0.4, 0.5) is 0 Å². The summed E-state index contributed by atoms with van der Waals surface area (Å²) in [6, 6.07) is -0.949. The summed E-state index contributed by atoms with van der Waals surface area (Å²) < 4.78 is 0. The Balaban J connectivity index is 2.27. The first-order valence-electron chi connectivity index (χ1n) is 17.5. The van der Waals surface area contributed by atoms with Gasteiger partial charge in [-0.25, -0.2) is 5.84 Å². The van der Waals surface area contributed by atoms with Crippen molar-refractivity contribution in [1.29, 1.82) is 0 Å². The van der Waals surface area contributed by atoms with E-state index in [9.17, 15) is 54.0 Å². The van der Waals surface area contributed by atoms with Crippen LogP contribution in [0.2, 0.25) is 0 Å². The van der Waals surface area contributed by atoms with Crippen molar-refractivity contribution >= 4 is 41.4 Å². The van der Waals surface area contributed by atoms with E-state index in [1.54, 1.807) is 30.3 Å². The Bertz CT molecular complexity index is 1420. The number of hydrazine groups is 1. The van der Waals surface area contributed by atoms with Crippen molar-refractivity contribution in [2.24, 2.45) is 17.3 Å². The first-order chi connectivity index (χ1) is 25.6. The molecule has 7 amide bonds. The quantitative estimate of drug-likeness (QED) is 0.0505. The van der Waals surface area contributed by atoms with Gasteiger partial charge in [0.15, 0.2) is 0 Å². The molecule has 0 spiro atoms. The van der Waals surface area contributed by atoms with Gasteiger partial charge in [0.1, 0.15) is 36.3 Å². The lowest BCUT2D eigenvalue weighted by molar-refractivity contribution is -0.144. The fourth-order valence-electron chi connectivity index (χ4n) is 5.42. The second-order valence-corrected chi connectivity index (χ2v) is 12.9. The molecule has 21 heteroatoms. The molecule has 302 valence electrons. The first-order valence-corrected chi connectivity index (χ1v) is 17.5. The largest absolute Gasteiger partial charge is 0.394 e. The maximum atomic E-state index is 13.5. The van der Waals surface area contributed by atoms with Gasteiger partial charge in [-0.2, -0.15) is 0 Å². The van der Waals surface area contributed by atoms with E-state index in [2.05, 4.69) is 31.9 Å². The minimum atomic E-state index is -1.68. The normalized spacial score (nSPS) is 23.1. The van der Waals surface area contributed by atoms with Gasteiger partial charge in [-0.3, -0.25) is 38.6 Å². The van der Waals surface area contributed by atoms with Gasteiger partial charge in [0.25, 0.3) is 5.91 Å². The summed E-state index contributed by atoms with van der Waals surface area (Å²) >= 11 is 0. The molecule has 0 saturated carbocycles. The van der Waals surface area contributed by atoms with E-state index < -0.39 is 110 Å². The molecule has 0 radical (unpaired) electrons. The topological polar surface area (TPSA) is 354 Å². The Morgan fingerprint density at radius 3 is 2.26 bits per heavy atom. The van der Waals surface area contributed by atoms with E-state index in [1.165, 1.54) is 6.92 Å². The molecule has 54 heavy (non-hydrogen) atoms. The van der Waals surface area contributed by atoms with Gasteiger partial charge in [-0.1, -0.05) is 30.3 Å². The number of aliphatic hydroxyl groups is 4. The average molecular weight is 767 g/mol. The molecular formula is C33H54N10O11. The standard InChI is InChI=1S/C33H54N10O11/c1-18(47)27-32(53)41-23(16-45)31(52)40-22(9-5-6-12-37-26(48)11-10-20(14-38-27)39-29(50)21(34)15-44)30(51)42-24(17-46)33(54)43(36)25(28(35)49)13-19-7-3-2-4-8-19/h2-4,7-8,18,20-25,27,38,44-47H,5-6,9-17,34,36H2,1H3,(H2,35,49)(H,37,48)(H,39,50)(H,40,52)(H,41,53)(H,42,51)/t18?,20-,21-,22-,23-,24-,25-,27-/m0/s1. The van der Waals surface area contributed by atoms with Crippen LogP contribution < -0.4 is 49.2 Å². The van der Waals surface area contributed by atoms with Crippen LogP contribution in [0.3, 0.4) is 0 Å². The summed E-state index contributed by atoms with van der Waals surface area (Å²) in [5, 5.41) is 55.3. The van der Waals surface area contributed by atoms with Crippen molar-refractivity contribution < 1.29 is 54.0 Å². The van der Waals surface area contributed by atoms with Gasteiger partial charge in [-0.05, 0) is 38.2 Å². The number of benzene rings is 1. The molecule has 0 aliphatic carbocycles. The maximum Gasteiger partial charge on any atom is 0.262 e. The third-order valence-electron chi connectivity index (χ3n) is 8.63. The summed E-state index contributed by atoms with van der Waals surface area (Å²) in [6.07, 6.45) is -0.971. The molecule has 21 nitrogen and oxygen atoms in total. The second-order valence-electron chi connectivity index (χ2n) is 12.9. The number of hydrogen-bond acceptors (Lipinski definition) is 14. The molecule has 1 saturated heterocycles. The van der Waals surface area contributed by atoms with Crippen LogP contribution >= 0.6 is 0 Å². The summed E-state index contributed by atoms with van der Waals surface area (Å²) in [5.41, 5.74) is 11.7. The predicted octanol–water partition coefficient (Wildman–Crippen LogP) is -6.55. The van der Waals surface area contributed by atoms with Crippen LogP contribution in [-0.2, 0) is 40.0 Å². The Morgan fingerprint density at radius 1 is 0.981 bits per heavy atom. The van der Waals surface area contributed by atoms with E-state index in [1.807, 2.05) is 0 Å². The van der Waals surface area contributed by atoms with Gasteiger partial charge < -0.3 is 63.8 Å². The predicted molar refractivity (Wildman–Crippen MR) is 191 cm³/mol. The van der Waals surface area contributed by atoms with E-state index in [4.69, 9.17) is 17.3 Å². The molecule has 0 bridgehead atoms. The van der Waals surface area contributed by atoms with Gasteiger partial charge in [0.2, 0.25) is 35.4 Å². The number of hydrogen-bond donors (Lipinski definition) is 13. The van der Waals surface area contributed by atoms with Gasteiger partial charge >= 0.3 is 0 Å². The highest BCUT2D eigenvalue weighted by Crippen LogP contribution is 2.10. The molecule has 1 aromatic rings. The molecule has 8 atom stereocenters. The fraction of sp³-hybridized carbons (Fsp3) is 0.606. The number of nitrogens with zero attached hydrogens (tertiary/aromatic N) is 1. The molecule has 1 unspecified atom stereocenters. The number of rotatable bonds is 13. The Morgan fingerprint density at radius 2 is 1.67 bits per heavy atom. The van der Waals surface area contributed by atoms with E-state index in [0.29, 0.717) is 17.0 Å². The smallest absolute Gasteiger partial charge is 0.262 e. The zero-order valence-corrected chi connectivity index (χ0v) is 30.1. The molecule has 1 aromatic carbocycles. The number of amides is 7. The van der Waals surface area contributed by atoms with Crippen LogP contribution in [-0.4, -0.2) is 148 Å². The van der Waals surface area contributed by atoms with Crippen LogP contribution in [0.15, 0.2) is 30.3 Å². The monoisotopic (exact) mass is 766 g/mol. The summed E-state index contributed by atoms with van der Waals surface area (Å²) in [6.45, 7) is -1.26. The molecular weight excluding hydrogens is 712 g/mol. The number of carbonyl (C=O) groups excluding carboxylic acids is 7. The highest BCUT2D eigenvalue weighted by atomic mass is 16.3. The Labute approximate surface area is 312 Å². The lowest BCUT2D eigenvalue weighted by Gasteiger charge is -2.30.